The van der Waals surface area contributed by atoms with Crippen LogP contribution in [0.1, 0.15) is 5.69 Å². The summed E-state index contributed by atoms with van der Waals surface area (Å²) in [5.41, 5.74) is 6.99. The van der Waals surface area contributed by atoms with E-state index < -0.39 is 0 Å². The molecule has 0 radical (unpaired) electrons. The molecule has 2 rings (SSSR count). The Balaban J connectivity index is 2.67. The van der Waals surface area contributed by atoms with E-state index in [-0.39, 0.29) is 5.84 Å². The maximum atomic E-state index is 7.17. The highest BCUT2D eigenvalue weighted by molar-refractivity contribution is 5.99. The Morgan fingerprint density at radius 1 is 1.50 bits per heavy atom. The van der Waals surface area contributed by atoms with E-state index in [0.717, 1.165) is 0 Å². The van der Waals surface area contributed by atoms with Gasteiger partial charge in [0, 0.05) is 6.07 Å². The Hall–Kier alpha value is -1.91. The van der Waals surface area contributed by atoms with Crippen LogP contribution in [0, 0.1) is 5.41 Å². The van der Waals surface area contributed by atoms with Crippen molar-refractivity contribution >= 4 is 5.84 Å². The SMILES string of the molecule is N=C(N)c1nnc2ccocc1-2. The summed E-state index contributed by atoms with van der Waals surface area (Å²) in [6.45, 7) is 0. The van der Waals surface area contributed by atoms with Gasteiger partial charge in [-0.3, -0.25) is 5.41 Å². The molecule has 2 heterocycles. The van der Waals surface area contributed by atoms with Crippen molar-refractivity contribution in [3.8, 4) is 11.3 Å². The molecule has 0 unspecified atom stereocenters. The predicted molar refractivity (Wildman–Crippen MR) is 41.9 cm³/mol. The third kappa shape index (κ3) is 0.833. The minimum absolute atomic E-state index is 0.0982. The summed E-state index contributed by atoms with van der Waals surface area (Å²) in [5.74, 6) is -0.0982. The first kappa shape index (κ1) is 6.78. The van der Waals surface area contributed by atoms with Gasteiger partial charge < -0.3 is 10.2 Å². The average Bonchev–Trinajstić information content (AvgIpc) is 2.47. The van der Waals surface area contributed by atoms with E-state index in [9.17, 15) is 0 Å². The number of fused-ring (bicyclic) bond motifs is 1. The van der Waals surface area contributed by atoms with Gasteiger partial charge in [-0.05, 0) is 0 Å². The second-order valence-corrected chi connectivity index (χ2v) is 2.32. The lowest BCUT2D eigenvalue weighted by atomic mass is 10.2. The third-order valence-corrected chi connectivity index (χ3v) is 1.53. The van der Waals surface area contributed by atoms with Crippen molar-refractivity contribution in [1.29, 1.82) is 5.41 Å². The quantitative estimate of drug-likeness (QED) is 0.470. The Bertz CT molecular complexity index is 394. The molecule has 5 nitrogen and oxygen atoms in total. The highest BCUT2D eigenvalue weighted by Crippen LogP contribution is 2.21. The third-order valence-electron chi connectivity index (χ3n) is 1.53. The van der Waals surface area contributed by atoms with Gasteiger partial charge in [0.1, 0.15) is 23.5 Å². The van der Waals surface area contributed by atoms with Crippen molar-refractivity contribution in [3.63, 3.8) is 0 Å². The number of hydrogen-bond acceptors (Lipinski definition) is 4. The average molecular weight is 162 g/mol. The smallest absolute Gasteiger partial charge is 0.144 e. The zero-order valence-corrected chi connectivity index (χ0v) is 6.11. The Labute approximate surface area is 68.1 Å². The van der Waals surface area contributed by atoms with Gasteiger partial charge in [0.15, 0.2) is 0 Å². The molecule has 0 saturated carbocycles. The van der Waals surface area contributed by atoms with Crippen molar-refractivity contribution < 1.29 is 4.42 Å². The van der Waals surface area contributed by atoms with Crippen LogP contribution < -0.4 is 5.73 Å². The number of hydrogen-bond donors (Lipinski definition) is 2. The van der Waals surface area contributed by atoms with Crippen LogP contribution in [-0.4, -0.2) is 16.0 Å². The molecule has 0 bridgehead atoms. The minimum Gasteiger partial charge on any atom is -0.472 e. The molecule has 0 aromatic heterocycles. The molecule has 0 aliphatic carbocycles. The lowest BCUT2D eigenvalue weighted by Crippen LogP contribution is -2.12. The molecule has 5 heteroatoms. The molecular weight excluding hydrogens is 156 g/mol. The minimum atomic E-state index is -0.0982. The molecule has 0 fully saturated rings. The van der Waals surface area contributed by atoms with E-state index in [2.05, 4.69) is 10.2 Å². The van der Waals surface area contributed by atoms with Crippen molar-refractivity contribution in [2.75, 3.05) is 0 Å². The fourth-order valence-corrected chi connectivity index (χ4v) is 0.982. The molecule has 0 saturated heterocycles. The number of nitrogens with zero attached hydrogens (tertiary/aromatic N) is 2. The van der Waals surface area contributed by atoms with Crippen LogP contribution in [0.25, 0.3) is 11.3 Å². The second kappa shape index (κ2) is 2.30. The number of nitrogens with two attached hydrogens (primary N) is 1. The van der Waals surface area contributed by atoms with E-state index in [1.54, 1.807) is 6.07 Å². The summed E-state index contributed by atoms with van der Waals surface area (Å²) >= 11 is 0. The van der Waals surface area contributed by atoms with Crippen LogP contribution in [0.5, 0.6) is 0 Å². The number of amidine groups is 1. The van der Waals surface area contributed by atoms with Gasteiger partial charge in [0.25, 0.3) is 0 Å². The van der Waals surface area contributed by atoms with Gasteiger partial charge in [0.05, 0.1) is 11.8 Å². The molecule has 60 valence electrons. The zero-order valence-electron chi connectivity index (χ0n) is 6.11. The van der Waals surface area contributed by atoms with Gasteiger partial charge in [-0.25, -0.2) is 0 Å². The molecule has 12 heavy (non-hydrogen) atoms. The van der Waals surface area contributed by atoms with E-state index in [4.69, 9.17) is 15.6 Å². The molecular formula is C7H6N4O. The predicted octanol–water partition coefficient (Wildman–Crippen LogP) is 0.458. The summed E-state index contributed by atoms with van der Waals surface area (Å²) in [7, 11) is 0. The summed E-state index contributed by atoms with van der Waals surface area (Å²) in [6, 6.07) is 1.68. The van der Waals surface area contributed by atoms with Crippen LogP contribution in [0.3, 0.4) is 0 Å². The monoisotopic (exact) mass is 162 g/mol. The molecule has 0 atom stereocenters. The highest BCUT2D eigenvalue weighted by atomic mass is 16.3. The number of aromatic nitrogens is 2. The molecule has 0 aromatic rings. The van der Waals surface area contributed by atoms with Gasteiger partial charge in [-0.2, -0.15) is 0 Å². The van der Waals surface area contributed by atoms with Gasteiger partial charge in [0.2, 0.25) is 0 Å². The fraction of sp³-hybridized carbons (Fsp3) is 0. The Morgan fingerprint density at radius 2 is 2.33 bits per heavy atom. The zero-order chi connectivity index (χ0) is 8.55. The lowest BCUT2D eigenvalue weighted by Gasteiger charge is -1.94. The van der Waals surface area contributed by atoms with Crippen molar-refractivity contribution in [2.45, 2.75) is 0 Å². The standard InChI is InChI=1S/C7H6N4O/c8-7(9)6-4-3-12-2-1-5(4)10-11-6/h1-3H,(H3,8,9). The second-order valence-electron chi connectivity index (χ2n) is 2.32. The van der Waals surface area contributed by atoms with Crippen molar-refractivity contribution in [2.24, 2.45) is 5.73 Å². The fourth-order valence-electron chi connectivity index (χ4n) is 0.982. The summed E-state index contributed by atoms with van der Waals surface area (Å²) in [4.78, 5) is 0. The first-order valence-corrected chi connectivity index (χ1v) is 3.32. The van der Waals surface area contributed by atoms with Crippen LogP contribution in [0.4, 0.5) is 0 Å². The highest BCUT2D eigenvalue weighted by Gasteiger charge is 2.14. The number of nitrogens with one attached hydrogen (secondary N) is 1. The maximum Gasteiger partial charge on any atom is 0.144 e. The van der Waals surface area contributed by atoms with E-state index in [1.807, 2.05) is 0 Å². The van der Waals surface area contributed by atoms with Crippen LogP contribution in [-0.2, 0) is 0 Å². The van der Waals surface area contributed by atoms with Gasteiger partial charge in [-0.1, -0.05) is 0 Å². The largest absolute Gasteiger partial charge is 0.472 e. The number of nitrogen functional groups attached to an aromatic ring is 1. The topological polar surface area (TPSA) is 88.8 Å². The van der Waals surface area contributed by atoms with Crippen LogP contribution in [0.15, 0.2) is 23.0 Å². The normalized spacial score (nSPS) is 10.3. The maximum absolute atomic E-state index is 7.17. The van der Waals surface area contributed by atoms with E-state index in [1.165, 1.54) is 12.5 Å². The number of rotatable bonds is 1. The molecule has 2 aliphatic heterocycles. The van der Waals surface area contributed by atoms with E-state index in [0.29, 0.717) is 17.0 Å². The molecule has 0 spiro atoms. The van der Waals surface area contributed by atoms with E-state index >= 15 is 0 Å². The van der Waals surface area contributed by atoms with Crippen LogP contribution >= 0.6 is 0 Å². The molecule has 3 N–H and O–H groups in total. The first-order valence-electron chi connectivity index (χ1n) is 3.32. The summed E-state index contributed by atoms with van der Waals surface area (Å²) in [6.07, 6.45) is 2.98. The van der Waals surface area contributed by atoms with Crippen LogP contribution in [0.2, 0.25) is 0 Å². The first-order chi connectivity index (χ1) is 5.79. The summed E-state index contributed by atoms with van der Waals surface area (Å²) < 4.78 is 4.91. The summed E-state index contributed by atoms with van der Waals surface area (Å²) in [5, 5.41) is 14.7. The van der Waals surface area contributed by atoms with Gasteiger partial charge >= 0.3 is 0 Å². The molecule has 0 amide bonds. The molecule has 0 aromatic carbocycles. The van der Waals surface area contributed by atoms with Crippen molar-refractivity contribution in [3.05, 3.63) is 24.3 Å². The Kier molecular flexibility index (Phi) is 1.30. The molecule has 2 aliphatic rings. The Morgan fingerprint density at radius 3 is 3.08 bits per heavy atom. The lowest BCUT2D eigenvalue weighted by molar-refractivity contribution is 0.551. The van der Waals surface area contributed by atoms with Crippen molar-refractivity contribution in [1.82, 2.24) is 10.2 Å². The van der Waals surface area contributed by atoms with Gasteiger partial charge in [-0.15, -0.1) is 10.2 Å².